The van der Waals surface area contributed by atoms with Crippen LogP contribution in [0.4, 0.5) is 0 Å². The summed E-state index contributed by atoms with van der Waals surface area (Å²) >= 11 is 0. The van der Waals surface area contributed by atoms with Gasteiger partial charge in [0.15, 0.2) is 0 Å². The topological polar surface area (TPSA) is 40.5 Å². The second kappa shape index (κ2) is 6.68. The van der Waals surface area contributed by atoms with Crippen LogP contribution in [0.25, 0.3) is 0 Å². The van der Waals surface area contributed by atoms with E-state index in [0.29, 0.717) is 11.3 Å². The molecule has 0 radical (unpaired) electrons. The van der Waals surface area contributed by atoms with Crippen LogP contribution in [0.5, 0.6) is 0 Å². The second-order valence-electron chi connectivity index (χ2n) is 8.84. The average Bonchev–Trinajstić information content (AvgIpc) is 2.35. The van der Waals surface area contributed by atoms with Crippen molar-refractivity contribution >= 4 is 5.97 Å². The minimum Gasteiger partial charge on any atom is -0.481 e. The predicted molar refractivity (Wildman–Crippen MR) is 88.4 cm³/mol. The molecule has 0 aromatic heterocycles. The zero-order valence-electron chi connectivity index (χ0n) is 15.1. The maximum absolute atomic E-state index is 11.6. The summed E-state index contributed by atoms with van der Waals surface area (Å²) in [5.74, 6) is -0.194. The van der Waals surface area contributed by atoms with Gasteiger partial charge in [-0.1, -0.05) is 48.0 Å². The normalized spacial score (nSPS) is 27.9. The highest BCUT2D eigenvalue weighted by Crippen LogP contribution is 2.43. The third-order valence-electron chi connectivity index (χ3n) is 5.44. The van der Waals surface area contributed by atoms with E-state index in [1.54, 1.807) is 0 Å². The van der Waals surface area contributed by atoms with Crippen molar-refractivity contribution < 1.29 is 9.90 Å². The van der Waals surface area contributed by atoms with E-state index in [4.69, 9.17) is 0 Å². The fraction of sp³-hybridized carbons (Fsp3) is 0.944. The van der Waals surface area contributed by atoms with Gasteiger partial charge < -0.3 is 10.0 Å². The van der Waals surface area contributed by atoms with Crippen molar-refractivity contribution in [2.24, 2.45) is 22.7 Å². The zero-order chi connectivity index (χ0) is 16.4. The van der Waals surface area contributed by atoms with E-state index in [1.165, 1.54) is 0 Å². The molecule has 1 aliphatic carbocycles. The molecule has 0 heterocycles. The number of carboxylic acid groups (broad SMARTS) is 1. The van der Waals surface area contributed by atoms with Gasteiger partial charge in [-0.3, -0.25) is 4.79 Å². The van der Waals surface area contributed by atoms with E-state index in [2.05, 4.69) is 53.5 Å². The quantitative estimate of drug-likeness (QED) is 0.824. The Labute approximate surface area is 131 Å². The summed E-state index contributed by atoms with van der Waals surface area (Å²) in [5.41, 5.74) is 0.509. The maximum atomic E-state index is 11.6. The van der Waals surface area contributed by atoms with Crippen LogP contribution in [0, 0.1) is 22.7 Å². The largest absolute Gasteiger partial charge is 0.481 e. The fourth-order valence-corrected chi connectivity index (χ4v) is 3.79. The third kappa shape index (κ3) is 4.98. The second-order valence-corrected chi connectivity index (χ2v) is 8.84. The SMILES string of the molecule is CCC(C)(C)C1CCC(C(=O)O)C(N(C)CC(C)(C)C)C1. The Bertz CT molecular complexity index is 357. The van der Waals surface area contributed by atoms with E-state index in [9.17, 15) is 9.90 Å². The summed E-state index contributed by atoms with van der Waals surface area (Å²) in [6.45, 7) is 14.5. The van der Waals surface area contributed by atoms with Crippen LogP contribution in [0.2, 0.25) is 0 Å². The molecule has 0 saturated heterocycles. The van der Waals surface area contributed by atoms with Crippen molar-refractivity contribution in [3.05, 3.63) is 0 Å². The number of carboxylic acids is 1. The summed E-state index contributed by atoms with van der Waals surface area (Å²) in [6.07, 6.45) is 4.05. The van der Waals surface area contributed by atoms with Gasteiger partial charge in [0.25, 0.3) is 0 Å². The molecular formula is C18H35NO2. The summed E-state index contributed by atoms with van der Waals surface area (Å²) in [6, 6.07) is 0.172. The highest BCUT2D eigenvalue weighted by Gasteiger charge is 2.42. The van der Waals surface area contributed by atoms with Crippen LogP contribution in [-0.2, 0) is 4.79 Å². The smallest absolute Gasteiger partial charge is 0.308 e. The van der Waals surface area contributed by atoms with Crippen molar-refractivity contribution in [2.45, 2.75) is 73.3 Å². The van der Waals surface area contributed by atoms with E-state index < -0.39 is 5.97 Å². The molecule has 1 N–H and O–H groups in total. The minimum absolute atomic E-state index is 0.172. The fourth-order valence-electron chi connectivity index (χ4n) is 3.79. The average molecular weight is 297 g/mol. The molecule has 1 saturated carbocycles. The highest BCUT2D eigenvalue weighted by molar-refractivity contribution is 5.71. The van der Waals surface area contributed by atoms with Crippen LogP contribution in [-0.4, -0.2) is 35.6 Å². The third-order valence-corrected chi connectivity index (χ3v) is 5.44. The van der Waals surface area contributed by atoms with Gasteiger partial charge in [-0.05, 0) is 43.1 Å². The Morgan fingerprint density at radius 1 is 1.19 bits per heavy atom. The number of aliphatic carboxylic acids is 1. The number of nitrogens with zero attached hydrogens (tertiary/aromatic N) is 1. The molecule has 1 rings (SSSR count). The van der Waals surface area contributed by atoms with Gasteiger partial charge in [0.1, 0.15) is 0 Å². The molecule has 0 aromatic carbocycles. The number of rotatable bonds is 5. The Morgan fingerprint density at radius 3 is 2.19 bits per heavy atom. The van der Waals surface area contributed by atoms with Crippen molar-refractivity contribution in [2.75, 3.05) is 13.6 Å². The Balaban J connectivity index is 2.89. The summed E-state index contributed by atoms with van der Waals surface area (Å²) < 4.78 is 0. The molecule has 1 aliphatic rings. The molecule has 3 atom stereocenters. The molecule has 3 heteroatoms. The molecular weight excluding hydrogens is 262 g/mol. The van der Waals surface area contributed by atoms with Crippen molar-refractivity contribution in [3.8, 4) is 0 Å². The van der Waals surface area contributed by atoms with Gasteiger partial charge in [-0.15, -0.1) is 0 Å². The first-order valence-electron chi connectivity index (χ1n) is 8.41. The Morgan fingerprint density at radius 2 is 1.76 bits per heavy atom. The van der Waals surface area contributed by atoms with Crippen molar-refractivity contribution in [1.29, 1.82) is 0 Å². The molecule has 21 heavy (non-hydrogen) atoms. The molecule has 3 unspecified atom stereocenters. The lowest BCUT2D eigenvalue weighted by Crippen LogP contribution is -2.49. The lowest BCUT2D eigenvalue weighted by Gasteiger charge is -2.46. The summed E-state index contributed by atoms with van der Waals surface area (Å²) in [4.78, 5) is 13.9. The number of hydrogen-bond donors (Lipinski definition) is 1. The molecule has 0 bridgehead atoms. The van der Waals surface area contributed by atoms with Gasteiger partial charge in [0.2, 0.25) is 0 Å². The first kappa shape index (κ1) is 18.5. The summed E-state index contributed by atoms with van der Waals surface area (Å²) in [7, 11) is 2.10. The van der Waals surface area contributed by atoms with Gasteiger partial charge >= 0.3 is 5.97 Å². The van der Waals surface area contributed by atoms with E-state index in [0.717, 1.165) is 32.2 Å². The first-order chi connectivity index (χ1) is 9.48. The van der Waals surface area contributed by atoms with Gasteiger partial charge in [-0.2, -0.15) is 0 Å². The van der Waals surface area contributed by atoms with Gasteiger partial charge in [0.05, 0.1) is 5.92 Å². The standard InChI is InChI=1S/C18H35NO2/c1-8-18(5,6)13-9-10-14(16(20)21)15(11-13)19(7)12-17(2,3)4/h13-15H,8-12H2,1-7H3,(H,20,21). The monoisotopic (exact) mass is 297 g/mol. The Kier molecular flexibility index (Phi) is 5.88. The molecule has 0 spiro atoms. The molecule has 0 amide bonds. The van der Waals surface area contributed by atoms with Crippen molar-refractivity contribution in [1.82, 2.24) is 4.90 Å². The highest BCUT2D eigenvalue weighted by atomic mass is 16.4. The molecule has 0 aliphatic heterocycles. The predicted octanol–water partition coefficient (Wildman–Crippen LogP) is 4.27. The molecule has 124 valence electrons. The van der Waals surface area contributed by atoms with Crippen LogP contribution in [0.1, 0.15) is 67.2 Å². The Hall–Kier alpha value is -0.570. The van der Waals surface area contributed by atoms with E-state index in [1.807, 2.05) is 0 Å². The molecule has 3 nitrogen and oxygen atoms in total. The molecule has 1 fully saturated rings. The van der Waals surface area contributed by atoms with E-state index in [-0.39, 0.29) is 17.4 Å². The minimum atomic E-state index is -0.617. The lowest BCUT2D eigenvalue weighted by atomic mass is 9.65. The summed E-state index contributed by atoms with van der Waals surface area (Å²) in [5, 5.41) is 9.58. The van der Waals surface area contributed by atoms with Crippen LogP contribution < -0.4 is 0 Å². The van der Waals surface area contributed by atoms with Crippen molar-refractivity contribution in [3.63, 3.8) is 0 Å². The lowest BCUT2D eigenvalue weighted by molar-refractivity contribution is -0.147. The number of hydrogen-bond acceptors (Lipinski definition) is 2. The van der Waals surface area contributed by atoms with Crippen LogP contribution in [0.3, 0.4) is 0 Å². The zero-order valence-corrected chi connectivity index (χ0v) is 15.1. The van der Waals surface area contributed by atoms with Crippen LogP contribution >= 0.6 is 0 Å². The molecule has 0 aromatic rings. The van der Waals surface area contributed by atoms with Gasteiger partial charge in [-0.25, -0.2) is 0 Å². The maximum Gasteiger partial charge on any atom is 0.308 e. The van der Waals surface area contributed by atoms with Crippen LogP contribution in [0.15, 0.2) is 0 Å². The van der Waals surface area contributed by atoms with Gasteiger partial charge in [0, 0.05) is 12.6 Å². The van der Waals surface area contributed by atoms with E-state index >= 15 is 0 Å². The number of carbonyl (C=O) groups is 1. The first-order valence-corrected chi connectivity index (χ1v) is 8.41.